The predicted molar refractivity (Wildman–Crippen MR) is 100 cm³/mol. The van der Waals surface area contributed by atoms with Gasteiger partial charge >= 0.3 is 0 Å². The van der Waals surface area contributed by atoms with Gasteiger partial charge in [-0.1, -0.05) is 18.2 Å². The normalized spacial score (nSPS) is 15.2. The highest BCUT2D eigenvalue weighted by Gasteiger charge is 2.12. The van der Waals surface area contributed by atoms with Crippen molar-refractivity contribution in [1.29, 1.82) is 0 Å². The fraction of sp³-hybridized carbons (Fsp3) is 0.222. The lowest BCUT2D eigenvalue weighted by Crippen LogP contribution is -2.35. The van der Waals surface area contributed by atoms with Crippen LogP contribution in [-0.2, 0) is 4.74 Å². The van der Waals surface area contributed by atoms with E-state index in [-0.39, 0.29) is 0 Å². The number of benzene rings is 1. The highest BCUT2D eigenvalue weighted by molar-refractivity contribution is 7.17. The summed E-state index contributed by atoms with van der Waals surface area (Å²) in [5.41, 5.74) is 3.97. The summed E-state index contributed by atoms with van der Waals surface area (Å²) in [5.74, 6) is 0.745. The third-order valence-electron chi connectivity index (χ3n) is 3.90. The molecular weight excluding hydrogens is 320 g/mol. The minimum absolute atomic E-state index is 0.745. The lowest BCUT2D eigenvalue weighted by atomic mass is 10.2. The lowest BCUT2D eigenvalue weighted by molar-refractivity contribution is 0.123. The molecule has 0 bridgehead atoms. The molecule has 24 heavy (non-hydrogen) atoms. The van der Waals surface area contributed by atoms with Crippen molar-refractivity contribution in [3.05, 3.63) is 53.4 Å². The summed E-state index contributed by atoms with van der Waals surface area (Å²) >= 11 is 1.74. The summed E-state index contributed by atoms with van der Waals surface area (Å²) in [4.78, 5) is 8.01. The molecule has 3 heterocycles. The molecule has 0 radical (unpaired) electrons. The first-order chi connectivity index (χ1) is 11.9. The monoisotopic (exact) mass is 338 g/mol. The zero-order chi connectivity index (χ0) is 16.2. The smallest absolute Gasteiger partial charge is 0.146 e. The fourth-order valence-corrected chi connectivity index (χ4v) is 3.59. The first-order valence-corrected chi connectivity index (χ1v) is 8.77. The number of hydrogen-bond acceptors (Lipinski definition) is 6. The van der Waals surface area contributed by atoms with Gasteiger partial charge in [0.1, 0.15) is 5.82 Å². The van der Waals surface area contributed by atoms with Gasteiger partial charge < -0.3 is 9.64 Å². The van der Waals surface area contributed by atoms with Gasteiger partial charge in [0.15, 0.2) is 0 Å². The van der Waals surface area contributed by atoms with Crippen LogP contribution in [0.3, 0.4) is 0 Å². The Kier molecular flexibility index (Phi) is 4.40. The first-order valence-electron chi connectivity index (χ1n) is 7.96. The fourth-order valence-electron chi connectivity index (χ4n) is 2.66. The Morgan fingerprint density at radius 3 is 2.88 bits per heavy atom. The zero-order valence-corrected chi connectivity index (χ0v) is 14.0. The summed E-state index contributed by atoms with van der Waals surface area (Å²) in [7, 11) is 0. The lowest BCUT2D eigenvalue weighted by Gasteiger charge is -2.27. The van der Waals surface area contributed by atoms with E-state index in [1.807, 2.05) is 42.6 Å². The number of aromatic nitrogens is 1. The minimum Gasteiger partial charge on any atom is -0.378 e. The number of hydrazone groups is 1. The van der Waals surface area contributed by atoms with Crippen LogP contribution >= 0.6 is 11.3 Å². The van der Waals surface area contributed by atoms with E-state index in [1.54, 1.807) is 11.3 Å². The highest BCUT2D eigenvalue weighted by Crippen LogP contribution is 2.25. The van der Waals surface area contributed by atoms with Gasteiger partial charge in [0.05, 0.1) is 29.9 Å². The molecule has 3 aromatic rings. The number of morpholine rings is 1. The van der Waals surface area contributed by atoms with E-state index in [9.17, 15) is 0 Å². The maximum absolute atomic E-state index is 5.39. The van der Waals surface area contributed by atoms with Crippen molar-refractivity contribution in [2.75, 3.05) is 36.6 Å². The van der Waals surface area contributed by atoms with Crippen LogP contribution in [0, 0.1) is 0 Å². The van der Waals surface area contributed by atoms with Crippen molar-refractivity contribution < 1.29 is 4.74 Å². The van der Waals surface area contributed by atoms with Gasteiger partial charge in [-0.25, -0.2) is 4.98 Å². The first kappa shape index (κ1) is 15.1. The molecule has 1 aromatic carbocycles. The van der Waals surface area contributed by atoms with Crippen molar-refractivity contribution in [3.8, 4) is 0 Å². The molecule has 0 aliphatic carbocycles. The Bertz CT molecular complexity index is 855. The number of para-hydroxylation sites is 1. The number of fused-ring (bicyclic) bond motifs is 1. The van der Waals surface area contributed by atoms with Crippen molar-refractivity contribution in [2.45, 2.75) is 0 Å². The SMILES string of the molecule is C(=N\Nc1ccc2ccccc2n1)/c1ccc(N2CCOCC2)s1. The summed E-state index contributed by atoms with van der Waals surface area (Å²) in [6, 6.07) is 16.3. The highest BCUT2D eigenvalue weighted by atomic mass is 32.1. The molecule has 0 amide bonds. The van der Waals surface area contributed by atoms with Crippen LogP contribution in [0.25, 0.3) is 10.9 Å². The number of rotatable bonds is 4. The molecule has 2 aromatic heterocycles. The van der Waals surface area contributed by atoms with Crippen molar-refractivity contribution in [1.82, 2.24) is 4.98 Å². The summed E-state index contributed by atoms with van der Waals surface area (Å²) in [5, 5.41) is 6.70. The third kappa shape index (κ3) is 3.39. The summed E-state index contributed by atoms with van der Waals surface area (Å²) in [6.07, 6.45) is 1.84. The Balaban J connectivity index is 1.42. The maximum Gasteiger partial charge on any atom is 0.146 e. The van der Waals surface area contributed by atoms with Crippen LogP contribution in [0.1, 0.15) is 4.88 Å². The number of nitrogens with zero attached hydrogens (tertiary/aromatic N) is 3. The number of nitrogens with one attached hydrogen (secondary N) is 1. The Hall–Kier alpha value is -2.44. The molecule has 0 unspecified atom stereocenters. The van der Waals surface area contributed by atoms with Crippen LogP contribution < -0.4 is 10.3 Å². The molecule has 0 saturated carbocycles. The molecule has 1 aliphatic heterocycles. The topological polar surface area (TPSA) is 49.8 Å². The van der Waals surface area contributed by atoms with Crippen molar-refractivity contribution in [3.63, 3.8) is 0 Å². The maximum atomic E-state index is 5.39. The standard InChI is InChI=1S/C18H18N4OS/c1-2-4-16-14(3-1)5-7-17(20-16)21-19-13-15-6-8-18(24-15)22-9-11-23-12-10-22/h1-8,13H,9-12H2,(H,20,21)/b19-13+. The second-order valence-electron chi connectivity index (χ2n) is 5.53. The largest absolute Gasteiger partial charge is 0.378 e. The van der Waals surface area contributed by atoms with E-state index in [2.05, 4.69) is 32.5 Å². The number of thiophene rings is 1. The van der Waals surface area contributed by atoms with Gasteiger partial charge in [-0.05, 0) is 30.3 Å². The van der Waals surface area contributed by atoms with E-state index in [4.69, 9.17) is 4.74 Å². The van der Waals surface area contributed by atoms with Crippen LogP contribution in [0.4, 0.5) is 10.8 Å². The van der Waals surface area contributed by atoms with E-state index in [0.717, 1.165) is 47.9 Å². The second-order valence-corrected chi connectivity index (χ2v) is 6.63. The van der Waals surface area contributed by atoms with Gasteiger partial charge in [-0.3, -0.25) is 5.43 Å². The summed E-state index contributed by atoms with van der Waals surface area (Å²) in [6.45, 7) is 3.51. The van der Waals surface area contributed by atoms with Gasteiger partial charge in [-0.15, -0.1) is 11.3 Å². The van der Waals surface area contributed by atoms with Gasteiger partial charge in [0.25, 0.3) is 0 Å². The molecule has 122 valence electrons. The van der Waals surface area contributed by atoms with E-state index in [1.165, 1.54) is 5.00 Å². The minimum atomic E-state index is 0.745. The third-order valence-corrected chi connectivity index (χ3v) is 4.99. The molecule has 4 rings (SSSR count). The van der Waals surface area contributed by atoms with Crippen molar-refractivity contribution >= 4 is 39.3 Å². The van der Waals surface area contributed by atoms with Gasteiger partial charge in [0.2, 0.25) is 0 Å². The average molecular weight is 338 g/mol. The predicted octanol–water partition coefficient (Wildman–Crippen LogP) is 3.58. The van der Waals surface area contributed by atoms with E-state index < -0.39 is 0 Å². The molecule has 1 saturated heterocycles. The number of pyridine rings is 1. The molecule has 1 N–H and O–H groups in total. The Morgan fingerprint density at radius 1 is 1.08 bits per heavy atom. The van der Waals surface area contributed by atoms with Gasteiger partial charge in [-0.2, -0.15) is 5.10 Å². The molecule has 1 aliphatic rings. The van der Waals surface area contributed by atoms with E-state index >= 15 is 0 Å². The molecule has 5 nitrogen and oxygen atoms in total. The Morgan fingerprint density at radius 2 is 1.96 bits per heavy atom. The zero-order valence-electron chi connectivity index (χ0n) is 13.2. The number of anilines is 2. The van der Waals surface area contributed by atoms with Crippen LogP contribution in [0.2, 0.25) is 0 Å². The molecular formula is C18H18N4OS. The molecule has 0 atom stereocenters. The number of ether oxygens (including phenoxy) is 1. The average Bonchev–Trinajstić information content (AvgIpc) is 3.11. The quantitative estimate of drug-likeness (QED) is 0.583. The van der Waals surface area contributed by atoms with E-state index in [0.29, 0.717) is 0 Å². The molecule has 0 spiro atoms. The van der Waals surface area contributed by atoms with Crippen LogP contribution in [-0.4, -0.2) is 37.5 Å². The number of hydrogen-bond donors (Lipinski definition) is 1. The molecule has 1 fully saturated rings. The van der Waals surface area contributed by atoms with Crippen LogP contribution in [0.15, 0.2) is 53.6 Å². The summed E-state index contributed by atoms with van der Waals surface area (Å²) < 4.78 is 5.39. The van der Waals surface area contributed by atoms with Crippen molar-refractivity contribution in [2.24, 2.45) is 5.10 Å². The second kappa shape index (κ2) is 6.98. The Labute approximate surface area is 144 Å². The van der Waals surface area contributed by atoms with Crippen LogP contribution in [0.5, 0.6) is 0 Å². The molecule has 6 heteroatoms. The van der Waals surface area contributed by atoms with Gasteiger partial charge in [0, 0.05) is 23.4 Å².